The Morgan fingerprint density at radius 3 is 2.65 bits per heavy atom. The Labute approximate surface area is 182 Å². The lowest BCUT2D eigenvalue weighted by molar-refractivity contribution is -0.0315. The van der Waals surface area contributed by atoms with Crippen LogP contribution in [0.5, 0.6) is 5.88 Å². The first-order valence-corrected chi connectivity index (χ1v) is 10.9. The molecular weight excluding hydrogens is 388 g/mol. The second kappa shape index (κ2) is 8.10. The van der Waals surface area contributed by atoms with Gasteiger partial charge >= 0.3 is 0 Å². The van der Waals surface area contributed by atoms with Gasteiger partial charge in [-0.3, -0.25) is 14.8 Å². The third-order valence-electron chi connectivity index (χ3n) is 6.41. The summed E-state index contributed by atoms with van der Waals surface area (Å²) in [7, 11) is 0. The second-order valence-corrected chi connectivity index (χ2v) is 8.60. The highest BCUT2D eigenvalue weighted by atomic mass is 16.5. The van der Waals surface area contributed by atoms with Gasteiger partial charge in [-0.25, -0.2) is 4.98 Å². The number of rotatable bonds is 4. The summed E-state index contributed by atoms with van der Waals surface area (Å²) in [6.45, 7) is 4.76. The summed E-state index contributed by atoms with van der Waals surface area (Å²) >= 11 is 0. The summed E-state index contributed by atoms with van der Waals surface area (Å²) < 4.78 is 6.26. The first kappa shape index (κ1) is 19.7. The average Bonchev–Trinajstić information content (AvgIpc) is 2.81. The third kappa shape index (κ3) is 3.78. The number of ether oxygens (including phenoxy) is 1. The minimum atomic E-state index is -0.0459. The smallest absolute Gasteiger partial charge is 0.273 e. The van der Waals surface area contributed by atoms with E-state index in [1.807, 2.05) is 61.3 Å². The lowest BCUT2D eigenvalue weighted by Gasteiger charge is -2.49. The van der Waals surface area contributed by atoms with Gasteiger partial charge in [0.05, 0.1) is 11.7 Å². The van der Waals surface area contributed by atoms with E-state index in [4.69, 9.17) is 4.74 Å². The molecule has 5 heterocycles. The number of amides is 1. The Balaban J connectivity index is 1.44. The van der Waals surface area contributed by atoms with Crippen molar-refractivity contribution >= 4 is 5.91 Å². The van der Waals surface area contributed by atoms with Crippen LogP contribution in [0.15, 0.2) is 55.0 Å². The molecular formula is C25H26N4O2. The number of piperidine rings is 2. The molecule has 6 rings (SSSR count). The minimum absolute atomic E-state index is 0.0280. The number of carbonyl (C=O) groups excluding carboxylic acids is 1. The van der Waals surface area contributed by atoms with Crippen molar-refractivity contribution in [3.05, 3.63) is 71.8 Å². The summed E-state index contributed by atoms with van der Waals surface area (Å²) in [5.41, 5.74) is 4.17. The fourth-order valence-corrected chi connectivity index (χ4v) is 4.84. The number of fused-ring (bicyclic) bond motifs is 3. The van der Waals surface area contributed by atoms with Crippen molar-refractivity contribution in [3.8, 4) is 17.1 Å². The van der Waals surface area contributed by atoms with Crippen molar-refractivity contribution in [2.45, 2.75) is 45.3 Å². The van der Waals surface area contributed by atoms with Crippen LogP contribution in [0.25, 0.3) is 11.3 Å². The molecule has 3 unspecified atom stereocenters. The van der Waals surface area contributed by atoms with Crippen molar-refractivity contribution < 1.29 is 9.53 Å². The van der Waals surface area contributed by atoms with Crippen LogP contribution in [0, 0.1) is 19.8 Å². The molecule has 3 atom stereocenters. The highest BCUT2D eigenvalue weighted by Crippen LogP contribution is 2.38. The molecule has 0 radical (unpaired) electrons. The molecule has 3 aliphatic rings. The van der Waals surface area contributed by atoms with Gasteiger partial charge in [-0.15, -0.1) is 0 Å². The molecule has 6 heteroatoms. The zero-order valence-corrected chi connectivity index (χ0v) is 17.9. The fraction of sp³-hybridized carbons (Fsp3) is 0.360. The number of pyridine rings is 3. The minimum Gasteiger partial charge on any atom is -0.472 e. The molecule has 3 fully saturated rings. The Hall–Kier alpha value is -3.28. The van der Waals surface area contributed by atoms with Crippen molar-refractivity contribution in [1.29, 1.82) is 0 Å². The molecule has 158 valence electrons. The summed E-state index contributed by atoms with van der Waals surface area (Å²) in [4.78, 5) is 29.1. The molecule has 3 aromatic rings. The van der Waals surface area contributed by atoms with E-state index in [1.54, 1.807) is 12.4 Å². The Kier molecular flexibility index (Phi) is 5.14. The summed E-state index contributed by atoms with van der Waals surface area (Å²) in [5, 5.41) is 0. The molecule has 2 aliphatic heterocycles. The normalized spacial score (nSPS) is 22.4. The first-order chi connectivity index (χ1) is 15.1. The zero-order valence-electron chi connectivity index (χ0n) is 17.9. The van der Waals surface area contributed by atoms with Crippen LogP contribution in [0.4, 0.5) is 0 Å². The van der Waals surface area contributed by atoms with Crippen LogP contribution in [0.3, 0.4) is 0 Å². The van der Waals surface area contributed by atoms with Crippen LogP contribution in [0.1, 0.15) is 40.9 Å². The first-order valence-electron chi connectivity index (χ1n) is 10.9. The highest BCUT2D eigenvalue weighted by molar-refractivity contribution is 5.99. The molecule has 2 bridgehead atoms. The largest absolute Gasteiger partial charge is 0.472 e. The van der Waals surface area contributed by atoms with E-state index in [0.717, 1.165) is 48.2 Å². The standard InChI is InChI=1S/C25H26N4O2/c1-16-7-10-22(28-14-16)31-21-13-18-8-9-20(21)29(15-18)25(30)24-19(6-4-12-27-24)23-17(2)5-3-11-26-23/h3-7,10-12,14,18,20-21H,8-9,13,15H2,1-2H3. The number of carbonyl (C=O) groups is 1. The average molecular weight is 415 g/mol. The molecule has 3 aromatic heterocycles. The summed E-state index contributed by atoms with van der Waals surface area (Å²) in [6, 6.07) is 11.6. The molecule has 2 saturated heterocycles. The maximum absolute atomic E-state index is 13.7. The van der Waals surface area contributed by atoms with Gasteiger partial charge in [0.1, 0.15) is 11.8 Å². The van der Waals surface area contributed by atoms with Crippen LogP contribution in [0.2, 0.25) is 0 Å². The van der Waals surface area contributed by atoms with Crippen molar-refractivity contribution in [2.24, 2.45) is 5.92 Å². The molecule has 0 aromatic carbocycles. The highest BCUT2D eigenvalue weighted by Gasteiger charge is 2.45. The monoisotopic (exact) mass is 414 g/mol. The van der Waals surface area contributed by atoms with E-state index in [0.29, 0.717) is 17.5 Å². The van der Waals surface area contributed by atoms with Gasteiger partial charge in [-0.2, -0.15) is 0 Å². The molecule has 1 aliphatic carbocycles. The van der Waals surface area contributed by atoms with Gasteiger partial charge in [0.2, 0.25) is 5.88 Å². The van der Waals surface area contributed by atoms with E-state index in [2.05, 4.69) is 15.0 Å². The third-order valence-corrected chi connectivity index (χ3v) is 6.41. The van der Waals surface area contributed by atoms with Gasteiger partial charge in [0, 0.05) is 36.8 Å². The van der Waals surface area contributed by atoms with Crippen LogP contribution >= 0.6 is 0 Å². The van der Waals surface area contributed by atoms with E-state index < -0.39 is 0 Å². The van der Waals surface area contributed by atoms with E-state index >= 15 is 0 Å². The Bertz CT molecular complexity index is 1100. The number of hydrogen-bond donors (Lipinski definition) is 0. The second-order valence-electron chi connectivity index (χ2n) is 8.60. The molecule has 1 saturated carbocycles. The Morgan fingerprint density at radius 2 is 1.87 bits per heavy atom. The van der Waals surface area contributed by atoms with Crippen molar-refractivity contribution in [3.63, 3.8) is 0 Å². The van der Waals surface area contributed by atoms with Crippen LogP contribution in [-0.2, 0) is 0 Å². The maximum Gasteiger partial charge on any atom is 0.273 e. The van der Waals surface area contributed by atoms with Gasteiger partial charge in [-0.1, -0.05) is 12.1 Å². The predicted molar refractivity (Wildman–Crippen MR) is 118 cm³/mol. The van der Waals surface area contributed by atoms with Gasteiger partial charge < -0.3 is 9.64 Å². The molecule has 6 nitrogen and oxygen atoms in total. The van der Waals surface area contributed by atoms with Gasteiger partial charge in [0.25, 0.3) is 5.91 Å². The summed E-state index contributed by atoms with van der Waals surface area (Å²) in [6.07, 6.45) is 8.23. The number of nitrogens with zero attached hydrogens (tertiary/aromatic N) is 4. The van der Waals surface area contributed by atoms with Crippen molar-refractivity contribution in [2.75, 3.05) is 6.54 Å². The van der Waals surface area contributed by atoms with Crippen LogP contribution < -0.4 is 4.74 Å². The number of hydrogen-bond acceptors (Lipinski definition) is 5. The molecule has 0 N–H and O–H groups in total. The predicted octanol–water partition coefficient (Wildman–Crippen LogP) is 4.23. The van der Waals surface area contributed by atoms with Crippen molar-refractivity contribution in [1.82, 2.24) is 19.9 Å². The lowest BCUT2D eigenvalue weighted by Crippen LogP contribution is -2.59. The number of aryl methyl sites for hydroxylation is 2. The fourth-order valence-electron chi connectivity index (χ4n) is 4.84. The Morgan fingerprint density at radius 1 is 1.03 bits per heavy atom. The maximum atomic E-state index is 13.7. The summed E-state index contributed by atoms with van der Waals surface area (Å²) in [5.74, 6) is 1.02. The quantitative estimate of drug-likeness (QED) is 0.639. The topological polar surface area (TPSA) is 68.2 Å². The van der Waals surface area contributed by atoms with Gasteiger partial charge in [-0.05, 0) is 68.4 Å². The molecule has 0 spiro atoms. The van der Waals surface area contributed by atoms with E-state index in [9.17, 15) is 4.79 Å². The molecule has 1 amide bonds. The van der Waals surface area contributed by atoms with E-state index in [1.165, 1.54) is 0 Å². The zero-order chi connectivity index (χ0) is 21.4. The lowest BCUT2D eigenvalue weighted by atomic mass is 9.77. The van der Waals surface area contributed by atoms with E-state index in [-0.39, 0.29) is 18.1 Å². The van der Waals surface area contributed by atoms with Crippen LogP contribution in [-0.4, -0.2) is 44.4 Å². The molecule has 31 heavy (non-hydrogen) atoms. The SMILES string of the molecule is Cc1ccc(OC2CC3CCC2N(C(=O)c2ncccc2-c2ncccc2C)C3)nc1. The number of aromatic nitrogens is 3. The van der Waals surface area contributed by atoms with Gasteiger partial charge in [0.15, 0.2) is 0 Å².